The Kier molecular flexibility index (Phi) is 4.66. The Morgan fingerprint density at radius 2 is 2.39 bits per heavy atom. The van der Waals surface area contributed by atoms with Crippen molar-refractivity contribution in [2.45, 2.75) is 38.3 Å². The molecule has 1 N–H and O–H groups in total. The summed E-state index contributed by atoms with van der Waals surface area (Å²) in [6.07, 6.45) is 4.77. The van der Waals surface area contributed by atoms with Gasteiger partial charge in [-0.3, -0.25) is 9.88 Å². The number of piperidine rings is 1. The molecule has 1 aromatic heterocycles. The SMILES string of the molecule is CCC(c1ccc(F)cn1)N1CCCC(NC)C1. The zero-order valence-electron chi connectivity index (χ0n) is 11.2. The normalized spacial score (nSPS) is 22.9. The molecule has 4 heteroatoms. The first-order valence-electron chi connectivity index (χ1n) is 6.77. The maximum Gasteiger partial charge on any atom is 0.141 e. The van der Waals surface area contributed by atoms with Gasteiger partial charge in [-0.1, -0.05) is 6.92 Å². The molecule has 1 saturated heterocycles. The highest BCUT2D eigenvalue weighted by Gasteiger charge is 2.25. The van der Waals surface area contributed by atoms with Crippen LogP contribution in [0, 0.1) is 5.82 Å². The number of aromatic nitrogens is 1. The van der Waals surface area contributed by atoms with E-state index >= 15 is 0 Å². The van der Waals surface area contributed by atoms with Crippen LogP contribution in [0.25, 0.3) is 0 Å². The molecule has 0 aromatic carbocycles. The Hall–Kier alpha value is -1.00. The second kappa shape index (κ2) is 6.25. The van der Waals surface area contributed by atoms with Crippen LogP contribution in [0.4, 0.5) is 4.39 Å². The number of nitrogens with one attached hydrogen (secondary N) is 1. The zero-order chi connectivity index (χ0) is 13.0. The average molecular weight is 251 g/mol. The second-order valence-electron chi connectivity index (χ2n) is 4.95. The lowest BCUT2D eigenvalue weighted by molar-refractivity contribution is 0.133. The first-order valence-corrected chi connectivity index (χ1v) is 6.77. The maximum atomic E-state index is 12.9. The third-order valence-corrected chi connectivity index (χ3v) is 3.78. The summed E-state index contributed by atoms with van der Waals surface area (Å²) >= 11 is 0. The molecule has 100 valence electrons. The molecule has 18 heavy (non-hydrogen) atoms. The van der Waals surface area contributed by atoms with Gasteiger partial charge in [0.2, 0.25) is 0 Å². The van der Waals surface area contributed by atoms with Crippen molar-refractivity contribution in [1.82, 2.24) is 15.2 Å². The fourth-order valence-electron chi connectivity index (χ4n) is 2.76. The highest BCUT2D eigenvalue weighted by molar-refractivity contribution is 5.10. The van der Waals surface area contributed by atoms with Gasteiger partial charge in [-0.15, -0.1) is 0 Å². The van der Waals surface area contributed by atoms with E-state index in [1.165, 1.54) is 25.1 Å². The zero-order valence-corrected chi connectivity index (χ0v) is 11.2. The average Bonchev–Trinajstić information content (AvgIpc) is 2.42. The summed E-state index contributed by atoms with van der Waals surface area (Å²) in [4.78, 5) is 6.70. The summed E-state index contributed by atoms with van der Waals surface area (Å²) in [5.41, 5.74) is 0.982. The van der Waals surface area contributed by atoms with Crippen molar-refractivity contribution < 1.29 is 4.39 Å². The molecule has 1 aliphatic heterocycles. The Labute approximate surface area is 108 Å². The van der Waals surface area contributed by atoms with Crippen LogP contribution < -0.4 is 5.32 Å². The van der Waals surface area contributed by atoms with Gasteiger partial charge in [0.15, 0.2) is 0 Å². The maximum absolute atomic E-state index is 12.9. The van der Waals surface area contributed by atoms with Gasteiger partial charge in [-0.05, 0) is 45.0 Å². The second-order valence-corrected chi connectivity index (χ2v) is 4.95. The van der Waals surface area contributed by atoms with Gasteiger partial charge in [0, 0.05) is 12.6 Å². The first-order chi connectivity index (χ1) is 8.74. The van der Waals surface area contributed by atoms with E-state index in [0.29, 0.717) is 12.1 Å². The molecule has 1 fully saturated rings. The monoisotopic (exact) mass is 251 g/mol. The van der Waals surface area contributed by atoms with Crippen molar-refractivity contribution in [3.63, 3.8) is 0 Å². The van der Waals surface area contributed by atoms with Gasteiger partial charge < -0.3 is 5.32 Å². The van der Waals surface area contributed by atoms with E-state index in [1.807, 2.05) is 13.1 Å². The molecule has 1 aliphatic rings. The van der Waals surface area contributed by atoms with E-state index < -0.39 is 0 Å². The summed E-state index contributed by atoms with van der Waals surface area (Å²) in [6.45, 7) is 4.32. The summed E-state index contributed by atoms with van der Waals surface area (Å²) in [5.74, 6) is -0.264. The van der Waals surface area contributed by atoms with Crippen LogP contribution in [0.5, 0.6) is 0 Å². The van der Waals surface area contributed by atoms with Crippen LogP contribution in [-0.2, 0) is 0 Å². The lowest BCUT2D eigenvalue weighted by Crippen LogP contribution is -2.45. The van der Waals surface area contributed by atoms with E-state index in [2.05, 4.69) is 22.1 Å². The minimum absolute atomic E-state index is 0.264. The highest BCUT2D eigenvalue weighted by Crippen LogP contribution is 2.26. The number of hydrogen-bond acceptors (Lipinski definition) is 3. The molecule has 0 amide bonds. The predicted molar refractivity (Wildman–Crippen MR) is 70.9 cm³/mol. The van der Waals surface area contributed by atoms with Crippen LogP contribution in [0.2, 0.25) is 0 Å². The molecule has 0 spiro atoms. The van der Waals surface area contributed by atoms with Gasteiger partial charge in [0.05, 0.1) is 17.9 Å². The topological polar surface area (TPSA) is 28.2 Å². The molecule has 2 rings (SSSR count). The third kappa shape index (κ3) is 3.06. The molecular weight excluding hydrogens is 229 g/mol. The van der Waals surface area contributed by atoms with E-state index in [4.69, 9.17) is 0 Å². The fourth-order valence-corrected chi connectivity index (χ4v) is 2.76. The Morgan fingerprint density at radius 1 is 1.56 bits per heavy atom. The van der Waals surface area contributed by atoms with Crippen molar-refractivity contribution in [3.8, 4) is 0 Å². The number of nitrogens with zero attached hydrogens (tertiary/aromatic N) is 2. The molecule has 0 radical (unpaired) electrons. The number of pyridine rings is 1. The Balaban J connectivity index is 2.10. The van der Waals surface area contributed by atoms with E-state index in [-0.39, 0.29) is 5.82 Å². The molecule has 1 aromatic rings. The summed E-state index contributed by atoms with van der Waals surface area (Å²) in [5, 5.41) is 3.35. The summed E-state index contributed by atoms with van der Waals surface area (Å²) < 4.78 is 12.9. The smallest absolute Gasteiger partial charge is 0.141 e. The predicted octanol–water partition coefficient (Wildman–Crippen LogP) is 2.36. The quantitative estimate of drug-likeness (QED) is 0.890. The molecular formula is C14H22FN3. The van der Waals surface area contributed by atoms with Crippen LogP contribution in [-0.4, -0.2) is 36.1 Å². The van der Waals surface area contributed by atoms with Crippen molar-refractivity contribution >= 4 is 0 Å². The molecule has 0 aliphatic carbocycles. The summed E-state index contributed by atoms with van der Waals surface area (Å²) in [6, 6.07) is 4.19. The van der Waals surface area contributed by atoms with Crippen molar-refractivity contribution in [3.05, 3.63) is 29.8 Å². The number of likely N-dealkylation sites (N-methyl/N-ethyl adjacent to an activating group) is 1. The minimum atomic E-state index is -0.264. The van der Waals surface area contributed by atoms with Crippen LogP contribution in [0.15, 0.2) is 18.3 Å². The van der Waals surface area contributed by atoms with E-state index in [1.54, 1.807) is 0 Å². The standard InChI is InChI=1S/C14H22FN3/c1-3-14(13-7-6-11(15)9-17-13)18-8-4-5-12(10-18)16-2/h6-7,9,12,14,16H,3-5,8,10H2,1-2H3. The van der Waals surface area contributed by atoms with Crippen molar-refractivity contribution in [1.29, 1.82) is 0 Å². The molecule has 2 unspecified atom stereocenters. The van der Waals surface area contributed by atoms with Gasteiger partial charge in [-0.2, -0.15) is 0 Å². The van der Waals surface area contributed by atoms with Crippen LogP contribution in [0.1, 0.15) is 37.9 Å². The van der Waals surface area contributed by atoms with Crippen molar-refractivity contribution in [2.75, 3.05) is 20.1 Å². The highest BCUT2D eigenvalue weighted by atomic mass is 19.1. The fraction of sp³-hybridized carbons (Fsp3) is 0.643. The molecule has 0 saturated carbocycles. The van der Waals surface area contributed by atoms with E-state index in [9.17, 15) is 4.39 Å². The van der Waals surface area contributed by atoms with E-state index in [0.717, 1.165) is 25.2 Å². The number of rotatable bonds is 4. The van der Waals surface area contributed by atoms with Crippen LogP contribution >= 0.6 is 0 Å². The first kappa shape index (κ1) is 13.4. The Morgan fingerprint density at radius 3 is 3.00 bits per heavy atom. The minimum Gasteiger partial charge on any atom is -0.316 e. The number of halogens is 1. The lowest BCUT2D eigenvalue weighted by atomic mass is 10.0. The third-order valence-electron chi connectivity index (χ3n) is 3.78. The van der Waals surface area contributed by atoms with Gasteiger partial charge in [0.25, 0.3) is 0 Å². The van der Waals surface area contributed by atoms with Gasteiger partial charge >= 0.3 is 0 Å². The lowest BCUT2D eigenvalue weighted by Gasteiger charge is -2.37. The molecule has 0 bridgehead atoms. The van der Waals surface area contributed by atoms with Gasteiger partial charge in [0.1, 0.15) is 5.82 Å². The molecule has 2 heterocycles. The number of hydrogen-bond donors (Lipinski definition) is 1. The largest absolute Gasteiger partial charge is 0.316 e. The molecule has 3 nitrogen and oxygen atoms in total. The van der Waals surface area contributed by atoms with Crippen molar-refractivity contribution in [2.24, 2.45) is 0 Å². The summed E-state index contributed by atoms with van der Waals surface area (Å²) in [7, 11) is 2.02. The number of likely N-dealkylation sites (tertiary alicyclic amines) is 1. The Bertz CT molecular complexity index is 366. The molecule has 2 atom stereocenters. The van der Waals surface area contributed by atoms with Gasteiger partial charge in [-0.25, -0.2) is 4.39 Å². The van der Waals surface area contributed by atoms with Crippen LogP contribution in [0.3, 0.4) is 0 Å².